The largest absolute Gasteiger partial charge is 0.310 e. The number of carbonyl (C=O) groups is 1. The van der Waals surface area contributed by atoms with Crippen LogP contribution in [0.3, 0.4) is 0 Å². The molecule has 0 fully saturated rings. The van der Waals surface area contributed by atoms with Crippen molar-refractivity contribution in [3.8, 4) is 0 Å². The Labute approximate surface area is 175 Å². The highest BCUT2D eigenvalue weighted by Gasteiger charge is 2.23. The molecule has 1 atom stereocenters. The summed E-state index contributed by atoms with van der Waals surface area (Å²) in [4.78, 5) is 36.3. The molecule has 0 bridgehead atoms. The molecule has 0 radical (unpaired) electrons. The maximum absolute atomic E-state index is 12.9. The number of thioether (sulfide) groups is 1. The van der Waals surface area contributed by atoms with Gasteiger partial charge >= 0.3 is 0 Å². The summed E-state index contributed by atoms with van der Waals surface area (Å²) in [7, 11) is 1.72. The summed E-state index contributed by atoms with van der Waals surface area (Å²) < 4.78 is 1.55. The molecule has 28 heavy (non-hydrogen) atoms. The predicted molar refractivity (Wildman–Crippen MR) is 115 cm³/mol. The maximum Gasteiger partial charge on any atom is 0.262 e. The number of hydrogen-bond acceptors (Lipinski definition) is 6. The highest BCUT2D eigenvalue weighted by molar-refractivity contribution is 8.00. The summed E-state index contributed by atoms with van der Waals surface area (Å²) in [5.41, 5.74) is 1.15. The Bertz CT molecular complexity index is 1110. The first-order valence-corrected chi connectivity index (χ1v) is 11.1. The number of halogens is 1. The highest BCUT2D eigenvalue weighted by atomic mass is 35.5. The first-order chi connectivity index (χ1) is 13.4. The van der Waals surface area contributed by atoms with Crippen LogP contribution in [0.5, 0.6) is 0 Å². The van der Waals surface area contributed by atoms with Gasteiger partial charge in [0.25, 0.3) is 5.56 Å². The minimum Gasteiger partial charge on any atom is -0.310 e. The molecule has 0 saturated carbocycles. The number of aryl methyl sites for hydroxylation is 2. The zero-order valence-corrected chi connectivity index (χ0v) is 17.9. The van der Waals surface area contributed by atoms with Crippen molar-refractivity contribution >= 4 is 56.6 Å². The van der Waals surface area contributed by atoms with E-state index in [1.54, 1.807) is 42.0 Å². The van der Waals surface area contributed by atoms with Crippen LogP contribution in [0.2, 0.25) is 5.02 Å². The van der Waals surface area contributed by atoms with Gasteiger partial charge in [0, 0.05) is 18.1 Å². The van der Waals surface area contributed by atoms with Crippen molar-refractivity contribution in [3.63, 3.8) is 0 Å². The van der Waals surface area contributed by atoms with Gasteiger partial charge in [-0.05, 0) is 50.3 Å². The van der Waals surface area contributed by atoms with Crippen molar-refractivity contribution in [2.45, 2.75) is 43.0 Å². The second kappa shape index (κ2) is 7.85. The van der Waals surface area contributed by atoms with Crippen LogP contribution in [0.1, 0.15) is 30.2 Å². The molecule has 1 aliphatic rings. The smallest absolute Gasteiger partial charge is 0.262 e. The van der Waals surface area contributed by atoms with Crippen LogP contribution in [0, 0.1) is 0 Å². The van der Waals surface area contributed by atoms with Crippen LogP contribution in [-0.2, 0) is 24.7 Å². The summed E-state index contributed by atoms with van der Waals surface area (Å²) in [5, 5.41) is 4.12. The Hall–Kier alpha value is -1.90. The molecule has 0 spiro atoms. The Morgan fingerprint density at radius 2 is 2.14 bits per heavy atom. The van der Waals surface area contributed by atoms with E-state index in [0.29, 0.717) is 16.0 Å². The normalized spacial score (nSPS) is 14.7. The van der Waals surface area contributed by atoms with E-state index in [2.05, 4.69) is 10.3 Å². The number of fused-ring (bicyclic) bond motifs is 3. The Morgan fingerprint density at radius 3 is 2.89 bits per heavy atom. The molecule has 1 amide bonds. The standard InChI is InChI=1S/C19H19ClN4O2S2/c1-10(16(25)22-14-8-7-11(20)9-21-14)27-19-23-17-15(18(26)24(19)2)12-5-3-4-6-13(12)28-17/h7-10H,3-6H2,1-2H3,(H,21,22,25). The van der Waals surface area contributed by atoms with Gasteiger partial charge in [-0.3, -0.25) is 14.2 Å². The highest BCUT2D eigenvalue weighted by Crippen LogP contribution is 2.35. The molecule has 3 heterocycles. The van der Waals surface area contributed by atoms with Gasteiger partial charge in [0.05, 0.1) is 15.7 Å². The molecule has 0 saturated heterocycles. The lowest BCUT2D eigenvalue weighted by molar-refractivity contribution is -0.115. The second-order valence-corrected chi connectivity index (χ2v) is 9.59. The molecule has 0 aliphatic heterocycles. The van der Waals surface area contributed by atoms with E-state index in [4.69, 9.17) is 16.6 Å². The summed E-state index contributed by atoms with van der Waals surface area (Å²) in [6.07, 6.45) is 5.74. The van der Waals surface area contributed by atoms with Crippen LogP contribution >= 0.6 is 34.7 Å². The van der Waals surface area contributed by atoms with Gasteiger partial charge < -0.3 is 5.32 Å². The van der Waals surface area contributed by atoms with Gasteiger partial charge in [0.2, 0.25) is 5.91 Å². The number of rotatable bonds is 4. The third-order valence-electron chi connectivity index (χ3n) is 4.79. The van der Waals surface area contributed by atoms with Gasteiger partial charge in [-0.1, -0.05) is 23.4 Å². The number of nitrogens with one attached hydrogen (secondary N) is 1. The molecular formula is C19H19ClN4O2S2. The number of aromatic nitrogens is 3. The number of thiophene rings is 1. The van der Waals surface area contributed by atoms with Crippen molar-refractivity contribution in [1.82, 2.24) is 14.5 Å². The minimum atomic E-state index is -0.442. The molecule has 6 nitrogen and oxygen atoms in total. The first-order valence-electron chi connectivity index (χ1n) is 9.04. The summed E-state index contributed by atoms with van der Waals surface area (Å²) in [5.74, 6) is 0.227. The predicted octanol–water partition coefficient (Wildman–Crippen LogP) is 4.04. The summed E-state index contributed by atoms with van der Waals surface area (Å²) in [6.45, 7) is 1.78. The third kappa shape index (κ3) is 3.68. The van der Waals surface area contributed by atoms with Crippen LogP contribution in [0.4, 0.5) is 5.82 Å². The fourth-order valence-electron chi connectivity index (χ4n) is 3.26. The fraction of sp³-hybridized carbons (Fsp3) is 0.368. The molecule has 4 rings (SSSR count). The molecule has 9 heteroatoms. The molecule has 3 aromatic rings. The number of carbonyl (C=O) groups excluding carboxylic acids is 1. The lowest BCUT2D eigenvalue weighted by Gasteiger charge is -2.13. The SMILES string of the molecule is CC(Sc1nc2sc3c(c2c(=O)n1C)CCCC3)C(=O)Nc1ccc(Cl)cn1. The van der Waals surface area contributed by atoms with Crippen LogP contribution in [0.15, 0.2) is 28.3 Å². The Balaban J connectivity index is 1.58. The van der Waals surface area contributed by atoms with E-state index in [1.165, 1.54) is 28.4 Å². The van der Waals surface area contributed by atoms with Crippen molar-refractivity contribution < 1.29 is 4.79 Å². The molecule has 3 aromatic heterocycles. The van der Waals surface area contributed by atoms with Gasteiger partial charge in [-0.25, -0.2) is 9.97 Å². The molecule has 1 aliphatic carbocycles. The molecule has 146 valence electrons. The number of amides is 1. The third-order valence-corrected chi connectivity index (χ3v) is 7.34. The Kier molecular flexibility index (Phi) is 5.44. The van der Waals surface area contributed by atoms with Crippen LogP contribution < -0.4 is 10.9 Å². The van der Waals surface area contributed by atoms with Crippen molar-refractivity contribution in [3.05, 3.63) is 44.1 Å². The lowest BCUT2D eigenvalue weighted by Crippen LogP contribution is -2.26. The van der Waals surface area contributed by atoms with Crippen LogP contribution in [-0.4, -0.2) is 25.7 Å². The van der Waals surface area contributed by atoms with Gasteiger partial charge in [-0.2, -0.15) is 0 Å². The number of anilines is 1. The van der Waals surface area contributed by atoms with Crippen molar-refractivity contribution in [2.24, 2.45) is 7.05 Å². The minimum absolute atomic E-state index is 0.0288. The Morgan fingerprint density at radius 1 is 1.36 bits per heavy atom. The van der Waals surface area contributed by atoms with E-state index in [1.807, 2.05) is 0 Å². The quantitative estimate of drug-likeness (QED) is 0.495. The van der Waals surface area contributed by atoms with Gasteiger partial charge in [0.1, 0.15) is 10.6 Å². The lowest BCUT2D eigenvalue weighted by atomic mass is 9.97. The van der Waals surface area contributed by atoms with Crippen LogP contribution in [0.25, 0.3) is 10.2 Å². The maximum atomic E-state index is 12.9. The van der Waals surface area contributed by atoms with E-state index < -0.39 is 5.25 Å². The molecule has 1 N–H and O–H groups in total. The van der Waals surface area contributed by atoms with Gasteiger partial charge in [0.15, 0.2) is 5.16 Å². The van der Waals surface area contributed by atoms with Crippen molar-refractivity contribution in [1.29, 1.82) is 0 Å². The van der Waals surface area contributed by atoms with E-state index in [0.717, 1.165) is 35.9 Å². The first kappa shape index (κ1) is 19.4. The number of pyridine rings is 1. The average molecular weight is 435 g/mol. The number of hydrogen-bond donors (Lipinski definition) is 1. The zero-order chi connectivity index (χ0) is 19.8. The summed E-state index contributed by atoms with van der Waals surface area (Å²) >= 11 is 8.70. The van der Waals surface area contributed by atoms with E-state index in [-0.39, 0.29) is 11.5 Å². The number of nitrogens with zero attached hydrogens (tertiary/aromatic N) is 3. The monoisotopic (exact) mass is 434 g/mol. The van der Waals surface area contributed by atoms with E-state index >= 15 is 0 Å². The average Bonchev–Trinajstić information content (AvgIpc) is 3.05. The molecule has 1 unspecified atom stereocenters. The fourth-order valence-corrected chi connectivity index (χ4v) is 5.55. The zero-order valence-electron chi connectivity index (χ0n) is 15.5. The summed E-state index contributed by atoms with van der Waals surface area (Å²) in [6, 6.07) is 3.31. The molecular weight excluding hydrogens is 416 g/mol. The topological polar surface area (TPSA) is 76.9 Å². The van der Waals surface area contributed by atoms with Gasteiger partial charge in [-0.15, -0.1) is 11.3 Å². The van der Waals surface area contributed by atoms with Crippen molar-refractivity contribution in [2.75, 3.05) is 5.32 Å². The molecule has 0 aromatic carbocycles. The van der Waals surface area contributed by atoms with E-state index in [9.17, 15) is 9.59 Å². The second-order valence-electron chi connectivity index (χ2n) is 6.76.